The van der Waals surface area contributed by atoms with Crippen molar-refractivity contribution in [2.75, 3.05) is 20.0 Å². The van der Waals surface area contributed by atoms with E-state index in [-0.39, 0.29) is 33.7 Å². The van der Waals surface area contributed by atoms with Crippen LogP contribution in [0.5, 0.6) is 11.5 Å². The number of carboxylic acid groups (broad SMARTS) is 1. The van der Waals surface area contributed by atoms with Crippen molar-refractivity contribution in [2.24, 2.45) is 0 Å². The first-order valence-electron chi connectivity index (χ1n) is 11.1. The number of nitrogens with zero attached hydrogens (tertiary/aromatic N) is 5. The number of hydrogen-bond acceptors (Lipinski definition) is 8. The van der Waals surface area contributed by atoms with Crippen LogP contribution in [0.15, 0.2) is 67.6 Å². The van der Waals surface area contributed by atoms with Crippen LogP contribution in [0.4, 0.5) is 14.6 Å². The molecule has 0 amide bonds. The monoisotopic (exact) mass is 520 g/mol. The van der Waals surface area contributed by atoms with Gasteiger partial charge in [0.25, 0.3) is 0 Å². The Balaban J connectivity index is 0.000000216. The predicted molar refractivity (Wildman–Crippen MR) is 135 cm³/mol. The Kier molecular flexibility index (Phi) is 7.71. The Morgan fingerprint density at radius 1 is 0.974 bits per heavy atom. The standard InChI is InChI=1S/C17H12F2N2O4.C9H10N4/c1-24-10-7-11(25-2)14(19)12(13(10)18)8-3-4-9(17(22)23)16-15(8)20-5-6-21-16;10-9-2-1-8(5-12-9)6-13-4-3-11-7-13/h3-7H,1-2H3,(H,22,23);1-5,7H,6H2,(H2,10,12). The smallest absolute Gasteiger partial charge is 0.337 e. The maximum absolute atomic E-state index is 14.7. The lowest BCUT2D eigenvalue weighted by molar-refractivity contribution is 0.0699. The number of methoxy groups -OCH3 is 2. The topological polar surface area (TPSA) is 138 Å². The number of aromatic nitrogens is 5. The summed E-state index contributed by atoms with van der Waals surface area (Å²) in [6.07, 6.45) is 9.83. The SMILES string of the molecule is COc1cc(OC)c(F)c(-c2ccc(C(=O)O)c3nccnc23)c1F.Nc1ccc(Cn2ccnc2)cn1. The molecule has 3 heterocycles. The van der Waals surface area contributed by atoms with Gasteiger partial charge in [0.15, 0.2) is 23.1 Å². The first-order valence-corrected chi connectivity index (χ1v) is 11.1. The highest BCUT2D eigenvalue weighted by Gasteiger charge is 2.25. The van der Waals surface area contributed by atoms with Crippen LogP contribution in [-0.4, -0.2) is 49.8 Å². The van der Waals surface area contributed by atoms with Gasteiger partial charge in [0.1, 0.15) is 11.3 Å². The van der Waals surface area contributed by atoms with Crippen LogP contribution >= 0.6 is 0 Å². The third-order valence-corrected chi connectivity index (χ3v) is 5.47. The first-order chi connectivity index (χ1) is 18.3. The number of rotatable bonds is 6. The van der Waals surface area contributed by atoms with Crippen molar-refractivity contribution in [3.8, 4) is 22.6 Å². The van der Waals surface area contributed by atoms with E-state index in [1.54, 1.807) is 24.8 Å². The number of halogens is 2. The van der Waals surface area contributed by atoms with E-state index in [4.69, 9.17) is 15.2 Å². The fourth-order valence-electron chi connectivity index (χ4n) is 3.67. The number of ether oxygens (including phenoxy) is 2. The highest BCUT2D eigenvalue weighted by molar-refractivity contribution is 6.05. The van der Waals surface area contributed by atoms with Gasteiger partial charge in [-0.25, -0.2) is 23.5 Å². The van der Waals surface area contributed by atoms with Gasteiger partial charge >= 0.3 is 5.97 Å². The highest BCUT2D eigenvalue weighted by Crippen LogP contribution is 2.40. The van der Waals surface area contributed by atoms with Gasteiger partial charge in [0, 0.05) is 49.2 Å². The number of nitrogen functional groups attached to an aromatic ring is 1. The van der Waals surface area contributed by atoms with Crippen LogP contribution in [0.25, 0.3) is 22.2 Å². The van der Waals surface area contributed by atoms with Crippen molar-refractivity contribution >= 4 is 22.8 Å². The number of carboxylic acids is 1. The summed E-state index contributed by atoms with van der Waals surface area (Å²) in [5.41, 5.74) is 6.15. The molecule has 0 aliphatic heterocycles. The van der Waals surface area contributed by atoms with Gasteiger partial charge < -0.3 is 24.9 Å². The number of carbonyl (C=O) groups is 1. The molecule has 0 saturated heterocycles. The maximum Gasteiger partial charge on any atom is 0.337 e. The van der Waals surface area contributed by atoms with Crippen LogP contribution in [-0.2, 0) is 6.54 Å². The Morgan fingerprint density at radius 2 is 1.66 bits per heavy atom. The van der Waals surface area contributed by atoms with E-state index in [1.807, 2.05) is 16.8 Å². The molecule has 0 saturated carbocycles. The minimum atomic E-state index is -1.22. The van der Waals surface area contributed by atoms with Gasteiger partial charge in [-0.3, -0.25) is 9.97 Å². The number of imidazole rings is 1. The van der Waals surface area contributed by atoms with Gasteiger partial charge in [-0.1, -0.05) is 12.1 Å². The molecular weight excluding hydrogens is 498 g/mol. The molecule has 0 unspecified atom stereocenters. The van der Waals surface area contributed by atoms with E-state index in [2.05, 4.69) is 19.9 Å². The molecule has 2 aromatic carbocycles. The Labute approximate surface area is 215 Å². The molecule has 38 heavy (non-hydrogen) atoms. The molecular formula is C26H22F2N6O4. The predicted octanol–water partition coefficient (Wildman–Crippen LogP) is 4.20. The lowest BCUT2D eigenvalue weighted by atomic mass is 9.99. The normalized spacial score (nSPS) is 10.5. The molecule has 0 spiro atoms. The van der Waals surface area contributed by atoms with Crippen molar-refractivity contribution in [3.05, 3.63) is 90.4 Å². The number of pyridine rings is 1. The largest absolute Gasteiger partial charge is 0.494 e. The van der Waals surface area contributed by atoms with Crippen molar-refractivity contribution in [1.29, 1.82) is 0 Å². The van der Waals surface area contributed by atoms with Crippen molar-refractivity contribution in [3.63, 3.8) is 0 Å². The fourth-order valence-corrected chi connectivity index (χ4v) is 3.67. The van der Waals surface area contributed by atoms with Gasteiger partial charge in [-0.15, -0.1) is 0 Å². The summed E-state index contributed by atoms with van der Waals surface area (Å²) >= 11 is 0. The molecule has 194 valence electrons. The molecule has 3 aromatic heterocycles. The summed E-state index contributed by atoms with van der Waals surface area (Å²) in [6, 6.07) is 7.35. The molecule has 0 bridgehead atoms. The molecule has 0 atom stereocenters. The average Bonchev–Trinajstić information content (AvgIpc) is 3.43. The summed E-state index contributed by atoms with van der Waals surface area (Å²) in [4.78, 5) is 27.3. The van der Waals surface area contributed by atoms with E-state index in [1.165, 1.54) is 38.7 Å². The van der Waals surface area contributed by atoms with E-state index >= 15 is 0 Å². The maximum atomic E-state index is 14.7. The molecule has 3 N–H and O–H groups in total. The van der Waals surface area contributed by atoms with Crippen molar-refractivity contribution in [1.82, 2.24) is 24.5 Å². The fraction of sp³-hybridized carbons (Fsp3) is 0.115. The van der Waals surface area contributed by atoms with Crippen LogP contribution in [0.3, 0.4) is 0 Å². The van der Waals surface area contributed by atoms with Crippen LogP contribution in [0, 0.1) is 11.6 Å². The zero-order valence-electron chi connectivity index (χ0n) is 20.3. The minimum Gasteiger partial charge on any atom is -0.494 e. The van der Waals surface area contributed by atoms with Crippen LogP contribution in [0.1, 0.15) is 15.9 Å². The van der Waals surface area contributed by atoms with Crippen molar-refractivity contribution in [2.45, 2.75) is 6.54 Å². The lowest BCUT2D eigenvalue weighted by Gasteiger charge is -2.14. The summed E-state index contributed by atoms with van der Waals surface area (Å²) in [7, 11) is 2.48. The van der Waals surface area contributed by atoms with E-state index in [0.29, 0.717) is 5.82 Å². The summed E-state index contributed by atoms with van der Waals surface area (Å²) in [5.74, 6) is -3.00. The van der Waals surface area contributed by atoms with Crippen molar-refractivity contribution < 1.29 is 28.2 Å². The number of fused-ring (bicyclic) bond motifs is 1. The van der Waals surface area contributed by atoms with Gasteiger partial charge in [-0.2, -0.15) is 0 Å². The number of aromatic carboxylic acids is 1. The number of hydrogen-bond donors (Lipinski definition) is 2. The Bertz CT molecular complexity index is 1550. The molecule has 5 aromatic rings. The quantitative estimate of drug-likeness (QED) is 0.337. The van der Waals surface area contributed by atoms with Gasteiger partial charge in [0.05, 0.1) is 37.2 Å². The second-order valence-electron chi connectivity index (χ2n) is 7.83. The Morgan fingerprint density at radius 3 is 2.21 bits per heavy atom. The number of nitrogens with two attached hydrogens (primary N) is 1. The highest BCUT2D eigenvalue weighted by atomic mass is 19.1. The summed E-state index contributed by atoms with van der Waals surface area (Å²) in [5, 5.41) is 9.26. The van der Waals surface area contributed by atoms with Crippen LogP contribution in [0.2, 0.25) is 0 Å². The third-order valence-electron chi connectivity index (χ3n) is 5.47. The van der Waals surface area contributed by atoms with E-state index in [0.717, 1.165) is 18.2 Å². The average molecular weight is 520 g/mol. The number of anilines is 1. The number of benzene rings is 2. The molecule has 12 heteroatoms. The van der Waals surface area contributed by atoms with Gasteiger partial charge in [-0.05, 0) is 17.7 Å². The van der Waals surface area contributed by atoms with E-state index < -0.39 is 23.2 Å². The lowest BCUT2D eigenvalue weighted by Crippen LogP contribution is -2.03. The van der Waals surface area contributed by atoms with E-state index in [9.17, 15) is 18.7 Å². The Hall–Kier alpha value is -5.13. The summed E-state index contributed by atoms with van der Waals surface area (Å²) < 4.78 is 41.3. The molecule has 0 aliphatic carbocycles. The third kappa shape index (κ3) is 5.33. The second kappa shape index (κ2) is 11.3. The molecule has 0 fully saturated rings. The summed E-state index contributed by atoms with van der Waals surface area (Å²) in [6.45, 7) is 0.785. The zero-order chi connectivity index (χ0) is 27.2. The zero-order valence-corrected chi connectivity index (χ0v) is 20.3. The first kappa shape index (κ1) is 25.9. The minimum absolute atomic E-state index is 0.0214. The second-order valence-corrected chi connectivity index (χ2v) is 7.83. The molecule has 0 radical (unpaired) electrons. The van der Waals surface area contributed by atoms with Gasteiger partial charge in [0.2, 0.25) is 0 Å². The molecule has 0 aliphatic rings. The molecule has 5 rings (SSSR count). The molecule has 10 nitrogen and oxygen atoms in total. The van der Waals surface area contributed by atoms with Crippen LogP contribution < -0.4 is 15.2 Å².